The molecule has 0 aromatic carbocycles. The van der Waals surface area contributed by atoms with Gasteiger partial charge < -0.3 is 9.84 Å². The Balaban J connectivity index is 2.57. The van der Waals surface area contributed by atoms with Crippen LogP contribution in [-0.4, -0.2) is 17.4 Å². The first kappa shape index (κ1) is 7.54. The lowest BCUT2D eigenvalue weighted by Gasteiger charge is -2.27. The fourth-order valence-electron chi connectivity index (χ4n) is 1.04. The first-order chi connectivity index (χ1) is 4.61. The lowest BCUT2D eigenvalue weighted by molar-refractivity contribution is -0.188. The van der Waals surface area contributed by atoms with Crippen molar-refractivity contribution in [3.8, 4) is 0 Å². The summed E-state index contributed by atoms with van der Waals surface area (Å²) in [6.45, 7) is 3.76. The van der Waals surface area contributed by atoms with Gasteiger partial charge in [0.25, 0.3) is 0 Å². The Bertz CT molecular complexity index is 144. The number of aliphatic hydroxyl groups excluding tert-OH is 1. The van der Waals surface area contributed by atoms with Crippen LogP contribution in [0, 0.1) is 11.8 Å². The predicted molar refractivity (Wildman–Crippen MR) is 35.0 cm³/mol. The van der Waals surface area contributed by atoms with Crippen LogP contribution in [-0.2, 0) is 9.53 Å². The van der Waals surface area contributed by atoms with Crippen molar-refractivity contribution >= 4 is 5.97 Å². The minimum Gasteiger partial charge on any atom is -0.436 e. The molecule has 0 aliphatic carbocycles. The number of rotatable bonds is 0. The molecule has 3 nitrogen and oxygen atoms in total. The van der Waals surface area contributed by atoms with E-state index in [1.54, 1.807) is 0 Å². The Morgan fingerprint density at radius 3 is 2.70 bits per heavy atom. The molecule has 0 spiro atoms. The highest BCUT2D eigenvalue weighted by Crippen LogP contribution is 2.24. The third-order valence-corrected chi connectivity index (χ3v) is 2.05. The van der Waals surface area contributed by atoms with Gasteiger partial charge in [-0.25, -0.2) is 0 Å². The summed E-state index contributed by atoms with van der Waals surface area (Å²) in [4.78, 5) is 10.8. The van der Waals surface area contributed by atoms with Crippen LogP contribution in [0.1, 0.15) is 20.3 Å². The summed E-state index contributed by atoms with van der Waals surface area (Å²) < 4.78 is 4.59. The molecular weight excluding hydrogens is 132 g/mol. The second-order valence-electron chi connectivity index (χ2n) is 2.89. The summed E-state index contributed by atoms with van der Waals surface area (Å²) >= 11 is 0. The summed E-state index contributed by atoms with van der Waals surface area (Å²) in [6.07, 6.45) is -0.314. The predicted octanol–water partition coefficient (Wildman–Crippen LogP) is 0.524. The molecule has 0 aromatic rings. The summed E-state index contributed by atoms with van der Waals surface area (Å²) in [6, 6.07) is 0. The van der Waals surface area contributed by atoms with Gasteiger partial charge in [-0.15, -0.1) is 0 Å². The van der Waals surface area contributed by atoms with E-state index in [9.17, 15) is 4.79 Å². The van der Waals surface area contributed by atoms with E-state index in [4.69, 9.17) is 5.11 Å². The van der Waals surface area contributed by atoms with Crippen LogP contribution in [0.15, 0.2) is 0 Å². The van der Waals surface area contributed by atoms with Crippen LogP contribution >= 0.6 is 0 Å². The van der Waals surface area contributed by atoms with Gasteiger partial charge in [0.1, 0.15) is 0 Å². The quantitative estimate of drug-likeness (QED) is 0.504. The van der Waals surface area contributed by atoms with Crippen molar-refractivity contribution in [1.82, 2.24) is 0 Å². The zero-order valence-electron chi connectivity index (χ0n) is 6.20. The summed E-state index contributed by atoms with van der Waals surface area (Å²) in [7, 11) is 0. The zero-order valence-corrected chi connectivity index (χ0v) is 6.20. The largest absolute Gasteiger partial charge is 0.436 e. The molecule has 1 aliphatic rings. The van der Waals surface area contributed by atoms with Crippen molar-refractivity contribution in [3.05, 3.63) is 0 Å². The van der Waals surface area contributed by atoms with Crippen LogP contribution < -0.4 is 0 Å². The summed E-state index contributed by atoms with van der Waals surface area (Å²) in [5, 5.41) is 8.92. The highest BCUT2D eigenvalue weighted by Gasteiger charge is 2.31. The van der Waals surface area contributed by atoms with Crippen LogP contribution in [0.5, 0.6) is 0 Å². The van der Waals surface area contributed by atoms with Gasteiger partial charge in [-0.2, -0.15) is 0 Å². The summed E-state index contributed by atoms with van der Waals surface area (Å²) in [5.74, 6) is -0.120. The van der Waals surface area contributed by atoms with Crippen molar-refractivity contribution in [3.63, 3.8) is 0 Å². The van der Waals surface area contributed by atoms with Crippen molar-refractivity contribution in [2.75, 3.05) is 0 Å². The SMILES string of the molecule is CC1CC(O)OC(=O)[C@@H]1C. The van der Waals surface area contributed by atoms with Crippen molar-refractivity contribution < 1.29 is 14.6 Å². The first-order valence-corrected chi connectivity index (χ1v) is 3.50. The van der Waals surface area contributed by atoms with E-state index in [1.165, 1.54) is 0 Å². The maximum Gasteiger partial charge on any atom is 0.311 e. The van der Waals surface area contributed by atoms with Crippen LogP contribution in [0.25, 0.3) is 0 Å². The van der Waals surface area contributed by atoms with Gasteiger partial charge in [0.05, 0.1) is 5.92 Å². The molecule has 2 unspecified atom stereocenters. The molecule has 1 heterocycles. The molecule has 1 N–H and O–H groups in total. The van der Waals surface area contributed by atoms with Crippen molar-refractivity contribution in [2.45, 2.75) is 26.6 Å². The van der Waals surface area contributed by atoms with E-state index in [2.05, 4.69) is 4.74 Å². The molecule has 1 saturated heterocycles. The van der Waals surface area contributed by atoms with Crippen LogP contribution in [0.2, 0.25) is 0 Å². The molecule has 0 amide bonds. The average Bonchev–Trinajstić information content (AvgIpc) is 1.82. The number of ether oxygens (including phenoxy) is 1. The van der Waals surface area contributed by atoms with Gasteiger partial charge in [0, 0.05) is 6.42 Å². The number of carbonyl (C=O) groups excluding carboxylic acids is 1. The Morgan fingerprint density at radius 2 is 2.20 bits per heavy atom. The Labute approximate surface area is 60.0 Å². The van der Waals surface area contributed by atoms with Gasteiger partial charge in [0.15, 0.2) is 0 Å². The number of carbonyl (C=O) groups is 1. The van der Waals surface area contributed by atoms with E-state index in [0.29, 0.717) is 6.42 Å². The second-order valence-corrected chi connectivity index (χ2v) is 2.89. The Morgan fingerprint density at radius 1 is 1.60 bits per heavy atom. The minimum atomic E-state index is -0.876. The second kappa shape index (κ2) is 2.58. The molecule has 3 heteroatoms. The number of aliphatic hydroxyl groups is 1. The number of esters is 1. The molecule has 0 radical (unpaired) electrons. The third kappa shape index (κ3) is 1.29. The molecule has 1 aliphatic heterocycles. The fraction of sp³-hybridized carbons (Fsp3) is 0.857. The van der Waals surface area contributed by atoms with Gasteiger partial charge in [-0.3, -0.25) is 4.79 Å². The van der Waals surface area contributed by atoms with Gasteiger partial charge in [-0.05, 0) is 5.92 Å². The lowest BCUT2D eigenvalue weighted by Crippen LogP contribution is -2.34. The average molecular weight is 144 g/mol. The minimum absolute atomic E-state index is 0.0663. The molecule has 1 rings (SSSR count). The standard InChI is InChI=1S/C7H12O3/c1-4-3-6(8)10-7(9)5(4)2/h4-6,8H,3H2,1-2H3/t4?,5-,6?/m1/s1. The molecule has 0 bridgehead atoms. The van der Waals surface area contributed by atoms with Gasteiger partial charge in [0.2, 0.25) is 6.29 Å². The molecule has 3 atom stereocenters. The Hall–Kier alpha value is -0.570. The van der Waals surface area contributed by atoms with Crippen molar-refractivity contribution in [1.29, 1.82) is 0 Å². The number of hydrogen-bond acceptors (Lipinski definition) is 3. The fourth-order valence-corrected chi connectivity index (χ4v) is 1.04. The van der Waals surface area contributed by atoms with E-state index in [1.807, 2.05) is 13.8 Å². The maximum absolute atomic E-state index is 10.8. The normalized spacial score (nSPS) is 41.1. The van der Waals surface area contributed by atoms with Crippen LogP contribution in [0.4, 0.5) is 0 Å². The van der Waals surface area contributed by atoms with E-state index < -0.39 is 6.29 Å². The smallest absolute Gasteiger partial charge is 0.311 e. The van der Waals surface area contributed by atoms with E-state index in [-0.39, 0.29) is 17.8 Å². The molecule has 0 saturated carbocycles. The molecule has 0 aromatic heterocycles. The van der Waals surface area contributed by atoms with Crippen molar-refractivity contribution in [2.24, 2.45) is 11.8 Å². The van der Waals surface area contributed by atoms with Gasteiger partial charge in [-0.1, -0.05) is 13.8 Å². The first-order valence-electron chi connectivity index (χ1n) is 3.50. The number of hydrogen-bond donors (Lipinski definition) is 1. The highest BCUT2D eigenvalue weighted by molar-refractivity contribution is 5.73. The molecular formula is C7H12O3. The van der Waals surface area contributed by atoms with Crippen LogP contribution in [0.3, 0.4) is 0 Å². The lowest BCUT2D eigenvalue weighted by atomic mass is 9.91. The highest BCUT2D eigenvalue weighted by atomic mass is 16.6. The maximum atomic E-state index is 10.8. The zero-order chi connectivity index (χ0) is 7.72. The molecule has 1 fully saturated rings. The van der Waals surface area contributed by atoms with Gasteiger partial charge >= 0.3 is 5.97 Å². The van der Waals surface area contributed by atoms with E-state index >= 15 is 0 Å². The molecule has 10 heavy (non-hydrogen) atoms. The Kier molecular flexibility index (Phi) is 1.94. The number of cyclic esters (lactones) is 1. The monoisotopic (exact) mass is 144 g/mol. The topological polar surface area (TPSA) is 46.5 Å². The molecule has 58 valence electrons. The van der Waals surface area contributed by atoms with E-state index in [0.717, 1.165) is 0 Å². The summed E-state index contributed by atoms with van der Waals surface area (Å²) in [5.41, 5.74) is 0. The third-order valence-electron chi connectivity index (χ3n) is 2.05.